The number of rotatable bonds is 4. The Hall–Kier alpha value is -1.32. The minimum absolute atomic E-state index is 0.291. The van der Waals surface area contributed by atoms with Gasteiger partial charge in [0.05, 0.1) is 21.1 Å². The Morgan fingerprint density at radius 1 is 1.30 bits per heavy atom. The van der Waals surface area contributed by atoms with Crippen molar-refractivity contribution in [2.45, 2.75) is 33.1 Å². The van der Waals surface area contributed by atoms with Crippen molar-refractivity contribution in [1.82, 2.24) is 4.98 Å². The van der Waals surface area contributed by atoms with Gasteiger partial charge in [0.2, 0.25) is 0 Å². The van der Waals surface area contributed by atoms with Crippen LogP contribution in [0.15, 0.2) is 12.1 Å². The normalized spacial score (nSPS) is 11.0. The van der Waals surface area contributed by atoms with Crippen molar-refractivity contribution in [2.75, 3.05) is 0 Å². The zero-order chi connectivity index (χ0) is 14.9. The number of hydrogen-bond donors (Lipinski definition) is 1. The van der Waals surface area contributed by atoms with E-state index in [1.54, 1.807) is 12.1 Å². The van der Waals surface area contributed by atoms with Crippen LogP contribution in [0.1, 0.15) is 41.9 Å². The van der Waals surface area contributed by atoms with Crippen molar-refractivity contribution in [3.05, 3.63) is 39.0 Å². The fraction of sp³-hybridized carbons (Fsp3) is 0.333. The molecule has 1 heterocycles. The molecule has 0 saturated heterocycles. The second kappa shape index (κ2) is 5.98. The molecule has 1 aromatic carbocycles. The van der Waals surface area contributed by atoms with Crippen LogP contribution in [0.4, 0.5) is 0 Å². The molecular weight excluding hydrogens is 297 g/mol. The monoisotopic (exact) mass is 311 g/mol. The van der Waals surface area contributed by atoms with Crippen molar-refractivity contribution < 1.29 is 9.90 Å². The maximum Gasteiger partial charge on any atom is 0.336 e. The van der Waals surface area contributed by atoms with E-state index in [1.165, 1.54) is 0 Å². The highest BCUT2D eigenvalue weighted by molar-refractivity contribution is 6.45. The minimum Gasteiger partial charge on any atom is -0.478 e. The van der Waals surface area contributed by atoms with Gasteiger partial charge in [0, 0.05) is 11.1 Å². The van der Waals surface area contributed by atoms with Gasteiger partial charge < -0.3 is 5.11 Å². The third-order valence-electron chi connectivity index (χ3n) is 3.29. The number of carbonyl (C=O) groups is 1. The Labute approximate surface area is 127 Å². The first-order valence-corrected chi connectivity index (χ1v) is 7.29. The largest absolute Gasteiger partial charge is 0.478 e. The highest BCUT2D eigenvalue weighted by Crippen LogP contribution is 2.33. The van der Waals surface area contributed by atoms with Crippen LogP contribution >= 0.6 is 23.2 Å². The Balaban J connectivity index is 2.93. The van der Waals surface area contributed by atoms with Crippen molar-refractivity contribution in [3.63, 3.8) is 0 Å². The van der Waals surface area contributed by atoms with Crippen LogP contribution in [0.3, 0.4) is 0 Å². The zero-order valence-corrected chi connectivity index (χ0v) is 12.8. The molecule has 0 bridgehead atoms. The van der Waals surface area contributed by atoms with E-state index < -0.39 is 5.97 Å². The molecule has 0 radical (unpaired) electrons. The standard InChI is InChI=1S/C15H15Cl2NO2/c1-3-5-11-8(4-2)12(15(19)20)9-6-7-10(16)13(17)14(9)18-11/h6-7H,3-5H2,1-2H3,(H,19,20). The Morgan fingerprint density at radius 2 is 2.00 bits per heavy atom. The van der Waals surface area contributed by atoms with Crippen molar-refractivity contribution in [2.24, 2.45) is 0 Å². The van der Waals surface area contributed by atoms with Gasteiger partial charge in [0.1, 0.15) is 0 Å². The third-order valence-corrected chi connectivity index (χ3v) is 4.08. The van der Waals surface area contributed by atoms with E-state index in [0.29, 0.717) is 32.9 Å². The van der Waals surface area contributed by atoms with Gasteiger partial charge in [-0.05, 0) is 24.5 Å². The van der Waals surface area contributed by atoms with Gasteiger partial charge in [-0.1, -0.05) is 49.5 Å². The number of halogens is 2. The molecule has 0 aliphatic carbocycles. The SMILES string of the molecule is CCCc1nc2c(Cl)c(Cl)ccc2c(C(=O)O)c1CC. The highest BCUT2D eigenvalue weighted by Gasteiger charge is 2.20. The van der Waals surface area contributed by atoms with Gasteiger partial charge in [0.25, 0.3) is 0 Å². The number of pyridine rings is 1. The van der Waals surface area contributed by atoms with Crippen LogP contribution in [-0.4, -0.2) is 16.1 Å². The smallest absolute Gasteiger partial charge is 0.336 e. The first-order valence-electron chi connectivity index (χ1n) is 6.53. The summed E-state index contributed by atoms with van der Waals surface area (Å²) < 4.78 is 0. The first-order chi connectivity index (χ1) is 9.51. The predicted molar refractivity (Wildman–Crippen MR) is 82.1 cm³/mol. The summed E-state index contributed by atoms with van der Waals surface area (Å²) in [5, 5.41) is 10.8. The number of carboxylic acid groups (broad SMARTS) is 1. The third kappa shape index (κ3) is 2.48. The summed E-state index contributed by atoms with van der Waals surface area (Å²) in [7, 11) is 0. The summed E-state index contributed by atoms with van der Waals surface area (Å²) >= 11 is 12.2. The van der Waals surface area contributed by atoms with Gasteiger partial charge in [-0.2, -0.15) is 0 Å². The van der Waals surface area contributed by atoms with E-state index in [-0.39, 0.29) is 0 Å². The highest BCUT2D eigenvalue weighted by atomic mass is 35.5. The van der Waals surface area contributed by atoms with E-state index in [9.17, 15) is 9.90 Å². The molecule has 0 spiro atoms. The quantitative estimate of drug-likeness (QED) is 0.886. The van der Waals surface area contributed by atoms with Gasteiger partial charge in [-0.25, -0.2) is 4.79 Å². The molecular formula is C15H15Cl2NO2. The molecule has 20 heavy (non-hydrogen) atoms. The van der Waals surface area contributed by atoms with E-state index in [0.717, 1.165) is 24.1 Å². The van der Waals surface area contributed by atoms with E-state index in [4.69, 9.17) is 23.2 Å². The Bertz CT molecular complexity index is 683. The molecule has 1 aromatic heterocycles. The van der Waals surface area contributed by atoms with Gasteiger partial charge >= 0.3 is 5.97 Å². The lowest BCUT2D eigenvalue weighted by molar-refractivity contribution is 0.0697. The van der Waals surface area contributed by atoms with Crippen molar-refractivity contribution >= 4 is 40.1 Å². The number of carboxylic acids is 1. The van der Waals surface area contributed by atoms with E-state index in [2.05, 4.69) is 4.98 Å². The second-order valence-electron chi connectivity index (χ2n) is 4.58. The zero-order valence-electron chi connectivity index (χ0n) is 11.3. The summed E-state index contributed by atoms with van der Waals surface area (Å²) in [5.74, 6) is -0.954. The molecule has 0 amide bonds. The average Bonchev–Trinajstić information content (AvgIpc) is 2.42. The molecule has 0 atom stereocenters. The molecule has 2 rings (SSSR count). The number of aryl methyl sites for hydroxylation is 1. The minimum atomic E-state index is -0.954. The van der Waals surface area contributed by atoms with E-state index >= 15 is 0 Å². The number of hydrogen-bond acceptors (Lipinski definition) is 2. The fourth-order valence-corrected chi connectivity index (χ4v) is 2.79. The number of nitrogens with zero attached hydrogens (tertiary/aromatic N) is 1. The lowest BCUT2D eigenvalue weighted by Crippen LogP contribution is -2.09. The van der Waals surface area contributed by atoms with Gasteiger partial charge in [-0.3, -0.25) is 4.98 Å². The molecule has 0 aliphatic rings. The average molecular weight is 312 g/mol. The van der Waals surface area contributed by atoms with Gasteiger partial charge in [-0.15, -0.1) is 0 Å². The molecule has 3 nitrogen and oxygen atoms in total. The van der Waals surface area contributed by atoms with Crippen LogP contribution in [-0.2, 0) is 12.8 Å². The molecule has 0 aliphatic heterocycles. The predicted octanol–water partition coefficient (Wildman–Crippen LogP) is 4.75. The lowest BCUT2D eigenvalue weighted by atomic mass is 9.96. The van der Waals surface area contributed by atoms with Gasteiger partial charge in [0.15, 0.2) is 0 Å². The Morgan fingerprint density at radius 3 is 2.55 bits per heavy atom. The summed E-state index contributed by atoms with van der Waals surface area (Å²) in [4.78, 5) is 16.2. The van der Waals surface area contributed by atoms with Crippen LogP contribution in [0.5, 0.6) is 0 Å². The summed E-state index contributed by atoms with van der Waals surface area (Å²) in [6.45, 7) is 3.97. The van der Waals surface area contributed by atoms with Crippen LogP contribution < -0.4 is 0 Å². The number of benzene rings is 1. The molecule has 0 unspecified atom stereocenters. The summed E-state index contributed by atoms with van der Waals surface area (Å²) in [6, 6.07) is 3.29. The number of fused-ring (bicyclic) bond motifs is 1. The Kier molecular flexibility index (Phi) is 4.51. The van der Waals surface area contributed by atoms with E-state index in [1.807, 2.05) is 13.8 Å². The molecule has 2 aromatic rings. The van der Waals surface area contributed by atoms with Crippen LogP contribution in [0.2, 0.25) is 10.0 Å². The summed E-state index contributed by atoms with van der Waals surface area (Å²) in [6.07, 6.45) is 2.24. The molecule has 0 saturated carbocycles. The lowest BCUT2D eigenvalue weighted by Gasteiger charge is -2.14. The topological polar surface area (TPSA) is 50.2 Å². The van der Waals surface area contributed by atoms with Crippen molar-refractivity contribution in [1.29, 1.82) is 0 Å². The molecule has 106 valence electrons. The first kappa shape index (κ1) is 15.1. The number of aromatic nitrogens is 1. The second-order valence-corrected chi connectivity index (χ2v) is 5.36. The maximum atomic E-state index is 11.6. The van der Waals surface area contributed by atoms with Crippen molar-refractivity contribution in [3.8, 4) is 0 Å². The molecule has 5 heteroatoms. The molecule has 1 N–H and O–H groups in total. The number of aromatic carboxylic acids is 1. The molecule has 0 fully saturated rings. The summed E-state index contributed by atoms with van der Waals surface area (Å²) in [5.41, 5.74) is 2.34. The van der Waals surface area contributed by atoms with Crippen LogP contribution in [0.25, 0.3) is 10.9 Å². The maximum absolute atomic E-state index is 11.6. The van der Waals surface area contributed by atoms with Crippen LogP contribution in [0, 0.1) is 0 Å². The fourth-order valence-electron chi connectivity index (χ4n) is 2.43.